The largest absolute Gasteiger partial charge is 0.481 e. The first-order chi connectivity index (χ1) is 17.0. The minimum absolute atomic E-state index is 0.0516. The van der Waals surface area contributed by atoms with Crippen LogP contribution in [0.4, 0.5) is 0 Å². The van der Waals surface area contributed by atoms with Crippen molar-refractivity contribution in [3.63, 3.8) is 0 Å². The minimum Gasteiger partial charge on any atom is -0.481 e. The number of amides is 1. The molecule has 5 nitrogen and oxygen atoms in total. The van der Waals surface area contributed by atoms with Crippen LogP contribution in [0.1, 0.15) is 48.4 Å². The molecule has 1 spiro atoms. The Balaban J connectivity index is 1.35. The summed E-state index contributed by atoms with van der Waals surface area (Å²) in [5.74, 6) is 0.876. The van der Waals surface area contributed by atoms with Crippen molar-refractivity contribution in [1.29, 1.82) is 0 Å². The molecule has 3 aromatic rings. The molecule has 2 fully saturated rings. The second-order valence-corrected chi connectivity index (χ2v) is 10.6. The second kappa shape index (κ2) is 8.65. The second-order valence-electron chi connectivity index (χ2n) is 10.2. The molecule has 6 heteroatoms. The van der Waals surface area contributed by atoms with E-state index in [1.165, 1.54) is 16.7 Å². The molecule has 0 bridgehead atoms. The number of hydrogen-bond acceptors (Lipinski definition) is 4. The molecule has 2 aliphatic heterocycles. The molecule has 180 valence electrons. The third kappa shape index (κ3) is 3.82. The number of ether oxygens (including phenoxy) is 1. The zero-order valence-corrected chi connectivity index (χ0v) is 21.0. The van der Waals surface area contributed by atoms with Crippen LogP contribution in [0.5, 0.6) is 5.88 Å². The highest BCUT2D eigenvalue weighted by Gasteiger charge is 2.46. The number of aromatic nitrogens is 1. The van der Waals surface area contributed by atoms with Crippen LogP contribution in [0.15, 0.2) is 48.5 Å². The molecule has 0 radical (unpaired) electrons. The van der Waals surface area contributed by atoms with Gasteiger partial charge in [0.15, 0.2) is 0 Å². The Kier molecular flexibility index (Phi) is 5.58. The number of likely N-dealkylation sites (tertiary alicyclic amines) is 1. The molecule has 2 unspecified atom stereocenters. The maximum Gasteiger partial charge on any atom is 0.220 e. The molecule has 2 aromatic carbocycles. The fourth-order valence-electron chi connectivity index (χ4n) is 6.30. The number of carbonyl (C=O) groups excluding carboxylic acids is 1. The number of methoxy groups -OCH3 is 1. The highest BCUT2D eigenvalue weighted by Crippen LogP contribution is 2.46. The van der Waals surface area contributed by atoms with E-state index in [0.717, 1.165) is 61.2 Å². The zero-order valence-electron chi connectivity index (χ0n) is 20.2. The average Bonchev–Trinajstić information content (AvgIpc) is 3.57. The van der Waals surface area contributed by atoms with E-state index in [4.69, 9.17) is 21.3 Å². The van der Waals surface area contributed by atoms with Crippen molar-refractivity contribution >= 4 is 17.5 Å². The summed E-state index contributed by atoms with van der Waals surface area (Å²) in [6.45, 7) is 3.99. The van der Waals surface area contributed by atoms with Crippen LogP contribution in [0.2, 0.25) is 5.02 Å². The number of hydrogen-bond donors (Lipinski definition) is 1. The fourth-order valence-corrected chi connectivity index (χ4v) is 6.63. The number of halogens is 1. The third-order valence-electron chi connectivity index (χ3n) is 8.09. The summed E-state index contributed by atoms with van der Waals surface area (Å²) >= 11 is 6.99. The van der Waals surface area contributed by atoms with Crippen LogP contribution >= 0.6 is 11.6 Å². The van der Waals surface area contributed by atoms with E-state index in [2.05, 4.69) is 41.4 Å². The SMILES string of the molecule is COc1nc(-c2cccc(-c3ccccc3C)c2Cl)cc2c1C(N1CCC3(CCC(=O)N3)C1)CC2. The first-order valence-corrected chi connectivity index (χ1v) is 12.8. The summed E-state index contributed by atoms with van der Waals surface area (Å²) in [4.78, 5) is 19.4. The average molecular weight is 488 g/mol. The van der Waals surface area contributed by atoms with Crippen molar-refractivity contribution in [2.45, 2.75) is 50.6 Å². The summed E-state index contributed by atoms with van der Waals surface area (Å²) < 4.78 is 5.87. The number of nitrogens with zero attached hydrogens (tertiary/aromatic N) is 2. The van der Waals surface area contributed by atoms with Gasteiger partial charge >= 0.3 is 0 Å². The highest BCUT2D eigenvalue weighted by molar-refractivity contribution is 6.36. The Bertz CT molecular complexity index is 1320. The van der Waals surface area contributed by atoms with Gasteiger partial charge in [0.05, 0.1) is 23.4 Å². The summed E-state index contributed by atoms with van der Waals surface area (Å²) in [7, 11) is 1.70. The lowest BCUT2D eigenvalue weighted by molar-refractivity contribution is -0.119. The number of benzene rings is 2. The predicted octanol–water partition coefficient (Wildman–Crippen LogP) is 5.73. The molecule has 0 saturated carbocycles. The van der Waals surface area contributed by atoms with E-state index in [1.807, 2.05) is 24.3 Å². The molecule has 2 atom stereocenters. The number of rotatable bonds is 4. The van der Waals surface area contributed by atoms with Gasteiger partial charge < -0.3 is 10.1 Å². The van der Waals surface area contributed by atoms with E-state index in [-0.39, 0.29) is 17.5 Å². The van der Waals surface area contributed by atoms with Crippen molar-refractivity contribution < 1.29 is 9.53 Å². The third-order valence-corrected chi connectivity index (χ3v) is 8.50. The normalized spacial score (nSPS) is 23.6. The molecule has 35 heavy (non-hydrogen) atoms. The van der Waals surface area contributed by atoms with Crippen LogP contribution in [0.3, 0.4) is 0 Å². The molecule has 3 heterocycles. The van der Waals surface area contributed by atoms with Crippen molar-refractivity contribution in [1.82, 2.24) is 15.2 Å². The topological polar surface area (TPSA) is 54.5 Å². The van der Waals surface area contributed by atoms with Gasteiger partial charge in [-0.2, -0.15) is 0 Å². The molecule has 1 aromatic heterocycles. The number of aryl methyl sites for hydroxylation is 2. The molecule has 3 aliphatic rings. The Morgan fingerprint density at radius 2 is 1.89 bits per heavy atom. The first kappa shape index (κ1) is 22.6. The van der Waals surface area contributed by atoms with Crippen molar-refractivity contribution in [2.75, 3.05) is 20.2 Å². The van der Waals surface area contributed by atoms with E-state index < -0.39 is 0 Å². The van der Waals surface area contributed by atoms with Gasteiger partial charge in [-0.3, -0.25) is 9.69 Å². The number of carbonyl (C=O) groups is 1. The summed E-state index contributed by atoms with van der Waals surface area (Å²) in [5, 5.41) is 3.96. The van der Waals surface area contributed by atoms with Crippen LogP contribution < -0.4 is 10.1 Å². The highest BCUT2D eigenvalue weighted by atomic mass is 35.5. The molecule has 6 rings (SSSR count). The summed E-state index contributed by atoms with van der Waals surface area (Å²) in [5.41, 5.74) is 7.54. The fraction of sp³-hybridized carbons (Fsp3) is 0.379. The summed E-state index contributed by atoms with van der Waals surface area (Å²) in [6.07, 6.45) is 4.62. The lowest BCUT2D eigenvalue weighted by Crippen LogP contribution is -2.44. The Labute approximate surface area is 211 Å². The first-order valence-electron chi connectivity index (χ1n) is 12.5. The van der Waals surface area contributed by atoms with Crippen LogP contribution in [-0.4, -0.2) is 41.5 Å². The number of fused-ring (bicyclic) bond motifs is 1. The molecule has 1 N–H and O–H groups in total. The Morgan fingerprint density at radius 3 is 2.66 bits per heavy atom. The molecular weight excluding hydrogens is 458 g/mol. The standard InChI is InChI=1S/C29H30ClN3O2/c1-18-6-3-4-7-20(18)21-8-5-9-22(27(21)30)23-16-19-10-11-24(26(19)28(31-23)35-2)33-15-14-29(17-33)13-12-25(34)32-29/h3-9,16,24H,10-15,17H2,1-2H3,(H,32,34). The van der Waals surface area contributed by atoms with Crippen LogP contribution in [0.25, 0.3) is 22.4 Å². The van der Waals surface area contributed by atoms with Gasteiger partial charge in [0.25, 0.3) is 0 Å². The number of pyridine rings is 1. The Morgan fingerprint density at radius 1 is 1.09 bits per heavy atom. The van der Waals surface area contributed by atoms with Gasteiger partial charge in [0.1, 0.15) is 0 Å². The minimum atomic E-state index is -0.0516. The van der Waals surface area contributed by atoms with Crippen molar-refractivity contribution in [3.05, 3.63) is 70.2 Å². The number of nitrogens with one attached hydrogen (secondary N) is 1. The molecule has 1 amide bonds. The van der Waals surface area contributed by atoms with E-state index in [0.29, 0.717) is 17.3 Å². The van der Waals surface area contributed by atoms with Gasteiger partial charge in [0.2, 0.25) is 11.8 Å². The zero-order chi connectivity index (χ0) is 24.2. The van der Waals surface area contributed by atoms with Gasteiger partial charge in [-0.15, -0.1) is 0 Å². The Hall–Kier alpha value is -2.89. The van der Waals surface area contributed by atoms with Gasteiger partial charge in [-0.05, 0) is 55.4 Å². The lowest BCUT2D eigenvalue weighted by Gasteiger charge is -2.28. The smallest absolute Gasteiger partial charge is 0.220 e. The van der Waals surface area contributed by atoms with Crippen molar-refractivity contribution in [3.8, 4) is 28.3 Å². The monoisotopic (exact) mass is 487 g/mol. The van der Waals surface area contributed by atoms with E-state index in [1.54, 1.807) is 7.11 Å². The van der Waals surface area contributed by atoms with Crippen molar-refractivity contribution in [2.24, 2.45) is 0 Å². The molecular formula is C29H30ClN3O2. The summed E-state index contributed by atoms with van der Waals surface area (Å²) in [6, 6.07) is 16.9. The predicted molar refractivity (Wildman–Crippen MR) is 139 cm³/mol. The van der Waals surface area contributed by atoms with Crippen LogP contribution in [0, 0.1) is 6.92 Å². The molecule has 1 aliphatic carbocycles. The van der Waals surface area contributed by atoms with Crippen LogP contribution in [-0.2, 0) is 11.2 Å². The lowest BCUT2D eigenvalue weighted by atomic mass is 9.96. The maximum atomic E-state index is 11.9. The van der Waals surface area contributed by atoms with E-state index >= 15 is 0 Å². The van der Waals surface area contributed by atoms with E-state index in [9.17, 15) is 4.79 Å². The van der Waals surface area contributed by atoms with Gasteiger partial charge in [-0.25, -0.2) is 4.98 Å². The van der Waals surface area contributed by atoms with Gasteiger partial charge in [-0.1, -0.05) is 54.1 Å². The molecule has 2 saturated heterocycles. The van der Waals surface area contributed by atoms with Gasteiger partial charge in [0, 0.05) is 42.2 Å². The quantitative estimate of drug-likeness (QED) is 0.510. The maximum absolute atomic E-state index is 11.9.